The minimum absolute atomic E-state index is 0.0334. The van der Waals surface area contributed by atoms with Gasteiger partial charge in [-0.3, -0.25) is 19.5 Å². The lowest BCUT2D eigenvalue weighted by Gasteiger charge is -2.28. The minimum Gasteiger partial charge on any atom is -0.497 e. The zero-order valence-electron chi connectivity index (χ0n) is 17.1. The van der Waals surface area contributed by atoms with E-state index in [0.717, 1.165) is 22.6 Å². The second kappa shape index (κ2) is 7.72. The molecule has 0 fully saturated rings. The predicted molar refractivity (Wildman–Crippen MR) is 118 cm³/mol. The molecule has 0 saturated heterocycles. The van der Waals surface area contributed by atoms with Crippen LogP contribution in [-0.4, -0.2) is 36.2 Å². The number of hydrogen-bond donors (Lipinski definition) is 0. The van der Waals surface area contributed by atoms with Crippen LogP contribution in [0.15, 0.2) is 84.0 Å². The summed E-state index contributed by atoms with van der Waals surface area (Å²) in [6, 6.07) is 25.0. The van der Waals surface area contributed by atoms with Crippen LogP contribution in [0.2, 0.25) is 0 Å². The van der Waals surface area contributed by atoms with E-state index in [1.807, 2.05) is 53.5 Å². The number of benzene rings is 3. The smallest absolute Gasteiger partial charge is 0.301 e. The summed E-state index contributed by atoms with van der Waals surface area (Å²) in [4.78, 5) is 26.6. The van der Waals surface area contributed by atoms with Gasteiger partial charge in [0.2, 0.25) is 0 Å². The summed E-state index contributed by atoms with van der Waals surface area (Å²) in [5, 5.41) is 6.78. The molecule has 2 aliphatic rings. The molecule has 1 amide bonds. The van der Waals surface area contributed by atoms with Gasteiger partial charge in [-0.25, -0.2) is 0 Å². The van der Waals surface area contributed by atoms with Crippen molar-refractivity contribution in [1.29, 1.82) is 0 Å². The van der Waals surface area contributed by atoms with Crippen LogP contribution in [0.1, 0.15) is 33.9 Å². The molecule has 0 aliphatic carbocycles. The number of para-hydroxylation sites is 1. The first-order valence-corrected chi connectivity index (χ1v) is 10.1. The van der Waals surface area contributed by atoms with E-state index >= 15 is 0 Å². The van der Waals surface area contributed by atoms with Gasteiger partial charge < -0.3 is 4.74 Å². The van der Waals surface area contributed by atoms with Crippen LogP contribution in [0.5, 0.6) is 5.75 Å². The predicted octanol–water partition coefficient (Wildman–Crippen LogP) is 4.03. The summed E-state index contributed by atoms with van der Waals surface area (Å²) in [6.45, 7) is 0.209. The normalized spacial score (nSPS) is 17.7. The maximum atomic E-state index is 12.7. The number of Topliss-reactive ketones (excluding diaryl/α,β-unsaturated/α-hetero) is 1. The molecule has 3 aromatic carbocycles. The number of amides is 1. The van der Waals surface area contributed by atoms with Crippen LogP contribution in [0.4, 0.5) is 5.69 Å². The third kappa shape index (κ3) is 3.36. The summed E-state index contributed by atoms with van der Waals surface area (Å²) in [5.74, 6) is -0.192. The van der Waals surface area contributed by atoms with Gasteiger partial charge in [0, 0.05) is 6.42 Å². The van der Waals surface area contributed by atoms with Crippen LogP contribution >= 0.6 is 0 Å². The Morgan fingerprint density at radius 2 is 1.65 bits per heavy atom. The van der Waals surface area contributed by atoms with Crippen molar-refractivity contribution < 1.29 is 14.3 Å². The average molecular weight is 411 g/mol. The second-order valence-electron chi connectivity index (χ2n) is 7.57. The van der Waals surface area contributed by atoms with E-state index in [9.17, 15) is 9.59 Å². The lowest BCUT2D eigenvalue weighted by atomic mass is 9.98. The van der Waals surface area contributed by atoms with Gasteiger partial charge in [0.25, 0.3) is 5.78 Å². The highest BCUT2D eigenvalue weighted by atomic mass is 16.5. The van der Waals surface area contributed by atoms with Crippen molar-refractivity contribution in [2.24, 2.45) is 5.10 Å². The third-order valence-electron chi connectivity index (χ3n) is 5.77. The third-order valence-corrected chi connectivity index (χ3v) is 5.77. The molecule has 154 valence electrons. The van der Waals surface area contributed by atoms with Crippen molar-refractivity contribution >= 4 is 23.1 Å². The fraction of sp³-hybridized carbons (Fsp3) is 0.160. The molecule has 0 saturated carbocycles. The number of hydrazone groups is 1. The van der Waals surface area contributed by atoms with Crippen molar-refractivity contribution in [1.82, 2.24) is 5.01 Å². The molecule has 0 N–H and O–H groups in total. The Labute approximate surface area is 180 Å². The van der Waals surface area contributed by atoms with E-state index in [4.69, 9.17) is 9.84 Å². The summed E-state index contributed by atoms with van der Waals surface area (Å²) in [5.41, 5.74) is 4.14. The second-order valence-corrected chi connectivity index (χ2v) is 7.57. The van der Waals surface area contributed by atoms with Crippen molar-refractivity contribution in [3.63, 3.8) is 0 Å². The number of fused-ring (bicyclic) bond motifs is 1. The van der Waals surface area contributed by atoms with Gasteiger partial charge in [-0.2, -0.15) is 5.10 Å². The molecule has 31 heavy (non-hydrogen) atoms. The number of anilines is 1. The molecule has 5 rings (SSSR count). The average Bonchev–Trinajstić information content (AvgIpc) is 3.35. The molecule has 2 heterocycles. The van der Waals surface area contributed by atoms with E-state index < -0.39 is 11.7 Å². The van der Waals surface area contributed by atoms with E-state index in [1.165, 1.54) is 4.90 Å². The molecule has 3 aromatic rings. The number of carbonyl (C=O) groups excluding carboxylic acids is 2. The Balaban J connectivity index is 1.49. The van der Waals surface area contributed by atoms with Crippen LogP contribution in [0.3, 0.4) is 0 Å². The van der Waals surface area contributed by atoms with Crippen LogP contribution in [0, 0.1) is 0 Å². The zero-order valence-corrected chi connectivity index (χ0v) is 17.1. The van der Waals surface area contributed by atoms with E-state index in [-0.39, 0.29) is 12.7 Å². The van der Waals surface area contributed by atoms with Gasteiger partial charge in [-0.1, -0.05) is 42.5 Å². The van der Waals surface area contributed by atoms with Gasteiger partial charge in [-0.05, 0) is 47.5 Å². The number of methoxy groups -OCH3 is 1. The topological polar surface area (TPSA) is 62.2 Å². The van der Waals surface area contributed by atoms with Gasteiger partial charge >= 0.3 is 5.91 Å². The highest BCUT2D eigenvalue weighted by Crippen LogP contribution is 2.35. The molecule has 0 aromatic heterocycles. The first-order chi connectivity index (χ1) is 15.2. The number of nitrogens with zero attached hydrogens (tertiary/aromatic N) is 3. The van der Waals surface area contributed by atoms with Crippen molar-refractivity contribution in [3.05, 3.63) is 95.6 Å². The van der Waals surface area contributed by atoms with Crippen molar-refractivity contribution in [2.75, 3.05) is 18.7 Å². The Hall–Kier alpha value is -3.93. The van der Waals surface area contributed by atoms with Gasteiger partial charge in [-0.15, -0.1) is 0 Å². The maximum Gasteiger partial charge on any atom is 0.301 e. The van der Waals surface area contributed by atoms with Crippen LogP contribution in [0.25, 0.3) is 0 Å². The van der Waals surface area contributed by atoms with Crippen LogP contribution < -0.4 is 9.64 Å². The highest BCUT2D eigenvalue weighted by Gasteiger charge is 2.39. The summed E-state index contributed by atoms with van der Waals surface area (Å²) < 4.78 is 5.26. The standard InChI is InChI=1S/C25H21N3O3/c1-31-19-13-11-17(12-14-19)21-15-23(18-7-3-2-4-8-18)28(26-21)16-27-22-10-6-5-9-20(22)24(29)25(27)30/h2-14,23H,15-16H2,1H3. The van der Waals surface area contributed by atoms with Crippen molar-refractivity contribution in [2.45, 2.75) is 12.5 Å². The van der Waals surface area contributed by atoms with Gasteiger partial charge in [0.05, 0.1) is 30.1 Å². The zero-order chi connectivity index (χ0) is 21.4. The monoisotopic (exact) mass is 411 g/mol. The molecule has 0 bridgehead atoms. The lowest BCUT2D eigenvalue weighted by Crippen LogP contribution is -2.39. The molecule has 1 unspecified atom stereocenters. The van der Waals surface area contributed by atoms with E-state index in [0.29, 0.717) is 17.7 Å². The summed E-state index contributed by atoms with van der Waals surface area (Å²) >= 11 is 0. The lowest BCUT2D eigenvalue weighted by molar-refractivity contribution is -0.114. The summed E-state index contributed by atoms with van der Waals surface area (Å²) in [7, 11) is 1.64. The first kappa shape index (κ1) is 19.1. The van der Waals surface area contributed by atoms with E-state index in [1.54, 1.807) is 25.3 Å². The fourth-order valence-electron chi connectivity index (χ4n) is 4.14. The number of ketones is 1. The number of hydrogen-bond acceptors (Lipinski definition) is 5. The Morgan fingerprint density at radius 3 is 2.39 bits per heavy atom. The first-order valence-electron chi connectivity index (χ1n) is 10.1. The number of rotatable bonds is 5. The van der Waals surface area contributed by atoms with Gasteiger partial charge in [0.15, 0.2) is 0 Å². The maximum absolute atomic E-state index is 12.7. The number of ether oxygens (including phenoxy) is 1. The van der Waals surface area contributed by atoms with Crippen molar-refractivity contribution in [3.8, 4) is 5.75 Å². The molecule has 2 aliphatic heterocycles. The van der Waals surface area contributed by atoms with Gasteiger partial charge in [0.1, 0.15) is 12.4 Å². The number of carbonyl (C=O) groups is 2. The Kier molecular flexibility index (Phi) is 4.75. The highest BCUT2D eigenvalue weighted by molar-refractivity contribution is 6.52. The Bertz CT molecular complexity index is 1170. The van der Waals surface area contributed by atoms with Crippen LogP contribution in [-0.2, 0) is 4.79 Å². The fourth-order valence-corrected chi connectivity index (χ4v) is 4.14. The largest absolute Gasteiger partial charge is 0.497 e. The molecular weight excluding hydrogens is 390 g/mol. The molecular formula is C25H21N3O3. The molecule has 6 nitrogen and oxygen atoms in total. The van der Waals surface area contributed by atoms with E-state index in [2.05, 4.69) is 12.1 Å². The SMILES string of the molecule is COc1ccc(C2=NN(CN3C(=O)C(=O)c4ccccc43)C(c3ccccc3)C2)cc1. The molecule has 0 spiro atoms. The molecule has 0 radical (unpaired) electrons. The Morgan fingerprint density at radius 1 is 0.935 bits per heavy atom. The molecule has 6 heteroatoms. The quantitative estimate of drug-likeness (QED) is 0.595. The summed E-state index contributed by atoms with van der Waals surface area (Å²) in [6.07, 6.45) is 0.702. The molecule has 1 atom stereocenters. The minimum atomic E-state index is -0.513.